The number of carboxylic acid groups (broad SMARTS) is 1. The Morgan fingerprint density at radius 1 is 0.818 bits per heavy atom. The summed E-state index contributed by atoms with van der Waals surface area (Å²) in [6.07, 6.45) is 4.48. The lowest BCUT2D eigenvalue weighted by molar-refractivity contribution is -0.138. The number of amides is 1. The topological polar surface area (TPSA) is 164 Å². The van der Waals surface area contributed by atoms with E-state index in [0.29, 0.717) is 65.4 Å². The summed E-state index contributed by atoms with van der Waals surface area (Å²) in [6, 6.07) is 0. The first-order valence-electron chi connectivity index (χ1n) is 10.9. The molecule has 0 aromatic rings. The summed E-state index contributed by atoms with van der Waals surface area (Å²) >= 11 is 0. The van der Waals surface area contributed by atoms with E-state index in [1.54, 1.807) is 0 Å². The summed E-state index contributed by atoms with van der Waals surface area (Å²) in [4.78, 5) is 57.5. The van der Waals surface area contributed by atoms with E-state index in [4.69, 9.17) is 5.84 Å². The molecular formula is C20H36N8O5. The van der Waals surface area contributed by atoms with Gasteiger partial charge >= 0.3 is 5.97 Å². The van der Waals surface area contributed by atoms with Crippen molar-refractivity contribution in [3.8, 4) is 0 Å². The van der Waals surface area contributed by atoms with Crippen LogP contribution in [0.1, 0.15) is 0 Å². The van der Waals surface area contributed by atoms with E-state index in [0.717, 1.165) is 12.6 Å². The second-order valence-corrected chi connectivity index (χ2v) is 7.58. The van der Waals surface area contributed by atoms with Crippen LogP contribution < -0.4 is 11.2 Å². The molecule has 1 saturated heterocycles. The van der Waals surface area contributed by atoms with Gasteiger partial charge in [0.15, 0.2) is 0 Å². The highest BCUT2D eigenvalue weighted by molar-refractivity contribution is 6.15. The van der Waals surface area contributed by atoms with E-state index in [1.807, 2.05) is 19.6 Å². The van der Waals surface area contributed by atoms with Crippen molar-refractivity contribution in [1.29, 1.82) is 0 Å². The van der Waals surface area contributed by atoms with Crippen LogP contribution in [0.2, 0.25) is 0 Å². The van der Waals surface area contributed by atoms with Gasteiger partial charge in [0, 0.05) is 65.1 Å². The summed E-state index contributed by atoms with van der Waals surface area (Å²) in [5, 5.41) is 15.3. The van der Waals surface area contributed by atoms with Crippen LogP contribution >= 0.6 is 0 Å². The highest BCUT2D eigenvalue weighted by atomic mass is 16.4. The monoisotopic (exact) mass is 468 g/mol. The van der Waals surface area contributed by atoms with Crippen LogP contribution in [0.3, 0.4) is 0 Å². The number of carboxylic acids is 1. The van der Waals surface area contributed by atoms with Crippen molar-refractivity contribution in [3.63, 3.8) is 0 Å². The lowest BCUT2D eigenvalue weighted by atomic mass is 10.3. The van der Waals surface area contributed by atoms with E-state index in [1.165, 1.54) is 12.4 Å². The number of hydrogen-bond acceptors (Lipinski definition) is 11. The minimum Gasteiger partial charge on any atom is -0.480 e. The fourth-order valence-electron chi connectivity index (χ4n) is 3.34. The van der Waals surface area contributed by atoms with Gasteiger partial charge in [0.2, 0.25) is 5.91 Å². The second kappa shape index (κ2) is 17.8. The first-order chi connectivity index (χ1) is 16.0. The lowest BCUT2D eigenvalue weighted by Gasteiger charge is -2.32. The number of nitrogens with zero attached hydrogens (tertiary/aromatic N) is 6. The number of aliphatic imine (C=N–C) groups is 1. The van der Waals surface area contributed by atoms with E-state index in [2.05, 4.69) is 15.4 Å². The fraction of sp³-hybridized carbons (Fsp3) is 0.700. The Morgan fingerprint density at radius 3 is 1.76 bits per heavy atom. The minimum atomic E-state index is -0.925. The number of carbonyl (C=O) groups excluding carboxylic acids is 3. The van der Waals surface area contributed by atoms with Gasteiger partial charge in [-0.3, -0.25) is 34.2 Å². The van der Waals surface area contributed by atoms with Crippen LogP contribution in [0.15, 0.2) is 10.1 Å². The van der Waals surface area contributed by atoms with Crippen molar-refractivity contribution in [2.75, 3.05) is 91.6 Å². The van der Waals surface area contributed by atoms with E-state index in [-0.39, 0.29) is 32.1 Å². The summed E-state index contributed by atoms with van der Waals surface area (Å²) in [7, 11) is 0. The Hall–Kier alpha value is -2.74. The van der Waals surface area contributed by atoms with Crippen LogP contribution in [0.4, 0.5) is 0 Å². The van der Waals surface area contributed by atoms with E-state index in [9.17, 15) is 24.3 Å². The quantitative estimate of drug-likeness (QED) is 0.0874. The molecule has 0 aliphatic carbocycles. The Balaban J connectivity index is 2.75. The molecule has 186 valence electrons. The van der Waals surface area contributed by atoms with Gasteiger partial charge in [-0.15, -0.1) is 0 Å². The van der Waals surface area contributed by atoms with Gasteiger partial charge in [-0.05, 0) is 0 Å². The molecule has 1 rings (SSSR count). The summed E-state index contributed by atoms with van der Waals surface area (Å²) in [5.74, 6) is 3.89. The molecule has 0 bridgehead atoms. The molecule has 33 heavy (non-hydrogen) atoms. The largest absolute Gasteiger partial charge is 0.480 e. The molecule has 0 radical (unpaired) electrons. The lowest BCUT2D eigenvalue weighted by Crippen LogP contribution is -2.49. The van der Waals surface area contributed by atoms with Crippen molar-refractivity contribution in [2.24, 2.45) is 15.9 Å². The second-order valence-electron chi connectivity index (χ2n) is 7.58. The molecule has 1 heterocycles. The molecular weight excluding hydrogens is 432 g/mol. The molecule has 0 atom stereocenters. The average Bonchev–Trinajstić information content (AvgIpc) is 2.77. The van der Waals surface area contributed by atoms with Crippen LogP contribution in [-0.4, -0.2) is 153 Å². The van der Waals surface area contributed by atoms with Crippen LogP contribution in [0, 0.1) is 0 Å². The first-order valence-corrected chi connectivity index (χ1v) is 10.9. The molecule has 1 amide bonds. The van der Waals surface area contributed by atoms with Gasteiger partial charge < -0.3 is 25.9 Å². The Kier molecular flexibility index (Phi) is 15.2. The predicted octanol–water partition coefficient (Wildman–Crippen LogP) is -3.18. The van der Waals surface area contributed by atoms with Crippen LogP contribution in [0.25, 0.3) is 0 Å². The number of nitrogens with two attached hydrogens (primary N) is 1. The Labute approximate surface area is 194 Å². The zero-order chi connectivity index (χ0) is 24.3. The molecule has 1 aliphatic heterocycles. The number of aliphatic carboxylic acids is 1. The third-order valence-corrected chi connectivity index (χ3v) is 5.14. The molecule has 0 saturated carbocycles. The van der Waals surface area contributed by atoms with Gasteiger partial charge in [-0.2, -0.15) is 5.10 Å². The van der Waals surface area contributed by atoms with Crippen molar-refractivity contribution in [3.05, 3.63) is 0 Å². The van der Waals surface area contributed by atoms with Crippen molar-refractivity contribution >= 4 is 36.9 Å². The normalized spacial score (nSPS) is 18.7. The van der Waals surface area contributed by atoms with Gasteiger partial charge in [0.25, 0.3) is 0 Å². The van der Waals surface area contributed by atoms with Crippen molar-refractivity contribution < 1.29 is 24.3 Å². The van der Waals surface area contributed by atoms with Crippen LogP contribution in [-0.2, 0) is 19.2 Å². The number of hydrazone groups is 1. The maximum atomic E-state index is 12.4. The van der Waals surface area contributed by atoms with Gasteiger partial charge in [0.1, 0.15) is 12.6 Å². The van der Waals surface area contributed by atoms with Crippen molar-refractivity contribution in [2.45, 2.75) is 0 Å². The number of nitrogens with one attached hydrogen (secondary N) is 1. The highest BCUT2D eigenvalue weighted by Gasteiger charge is 2.19. The summed E-state index contributed by atoms with van der Waals surface area (Å²) in [5.41, 5.74) is 0. The first kappa shape index (κ1) is 28.3. The van der Waals surface area contributed by atoms with Gasteiger partial charge in [0.05, 0.1) is 38.9 Å². The summed E-state index contributed by atoms with van der Waals surface area (Å²) in [6.45, 7) is 5.61. The number of rotatable bonds is 12. The molecule has 1 aliphatic rings. The number of aldehydes is 2. The van der Waals surface area contributed by atoms with E-state index >= 15 is 0 Å². The molecule has 0 aromatic carbocycles. The molecule has 0 unspecified atom stereocenters. The molecule has 0 aromatic heterocycles. The molecule has 1 fully saturated rings. The maximum absolute atomic E-state index is 12.4. The molecule has 13 nitrogen and oxygen atoms in total. The molecule has 4 N–H and O–H groups in total. The minimum absolute atomic E-state index is 0.115. The summed E-state index contributed by atoms with van der Waals surface area (Å²) < 4.78 is 0. The zero-order valence-electron chi connectivity index (χ0n) is 19.0. The molecule has 13 heteroatoms. The standard InChI is InChI=1S/C20H36N8O5/c21-24-4-2-22-1-3-23-19(31)17-27-9-7-25(13-15-29)5-6-26(14-16-30)8-10-28(12-11-27)18-20(32)33/h2,4,15-16H,1,3,5-14,17-18,21H2,(H,23,31)(H,32,33). The fourth-order valence-corrected chi connectivity index (χ4v) is 3.34. The Bertz CT molecular complexity index is 660. The van der Waals surface area contributed by atoms with Gasteiger partial charge in [-0.25, -0.2) is 0 Å². The van der Waals surface area contributed by atoms with Crippen molar-refractivity contribution in [1.82, 2.24) is 24.9 Å². The maximum Gasteiger partial charge on any atom is 0.317 e. The SMILES string of the molecule is NN=CC=NCCNC(=O)CN1CCN(CC=O)CCN(CC=O)CCN(CC(=O)O)CC1. The highest BCUT2D eigenvalue weighted by Crippen LogP contribution is 2.00. The predicted molar refractivity (Wildman–Crippen MR) is 125 cm³/mol. The number of carbonyl (C=O) groups is 4. The third kappa shape index (κ3) is 14.1. The smallest absolute Gasteiger partial charge is 0.317 e. The third-order valence-electron chi connectivity index (χ3n) is 5.14. The Morgan fingerprint density at radius 2 is 1.30 bits per heavy atom. The number of hydrogen-bond donors (Lipinski definition) is 3. The van der Waals surface area contributed by atoms with Gasteiger partial charge in [-0.1, -0.05) is 0 Å². The van der Waals surface area contributed by atoms with E-state index < -0.39 is 5.97 Å². The zero-order valence-corrected chi connectivity index (χ0v) is 19.0. The average molecular weight is 469 g/mol. The van der Waals surface area contributed by atoms with Crippen LogP contribution in [0.5, 0.6) is 0 Å². The molecule has 0 spiro atoms.